The summed E-state index contributed by atoms with van der Waals surface area (Å²) in [7, 11) is 3.16. The summed E-state index contributed by atoms with van der Waals surface area (Å²) in [6, 6.07) is 18.5. The number of benzene rings is 2. The molecule has 0 radical (unpaired) electrons. The average Bonchev–Trinajstić information content (AvgIpc) is 3.16. The Morgan fingerprint density at radius 1 is 1.00 bits per heavy atom. The van der Waals surface area contributed by atoms with E-state index in [4.69, 9.17) is 9.47 Å². The number of hydrazone groups is 1. The third kappa shape index (κ3) is 3.75. The van der Waals surface area contributed by atoms with E-state index in [0.29, 0.717) is 11.3 Å². The zero-order valence-corrected chi connectivity index (χ0v) is 14.5. The molecule has 6 heteroatoms. The number of carbonyl (C=O) groups excluding carboxylic acids is 1. The van der Waals surface area contributed by atoms with Crippen molar-refractivity contribution < 1.29 is 14.3 Å². The minimum atomic E-state index is -0.332. The van der Waals surface area contributed by atoms with Gasteiger partial charge in [0.1, 0.15) is 11.5 Å². The molecular weight excluding hydrogens is 330 g/mol. The molecule has 26 heavy (non-hydrogen) atoms. The molecule has 1 amide bonds. The zero-order valence-electron chi connectivity index (χ0n) is 14.5. The van der Waals surface area contributed by atoms with E-state index in [1.807, 2.05) is 47.2 Å². The number of carbonyl (C=O) groups is 1. The molecule has 3 rings (SSSR count). The van der Waals surface area contributed by atoms with Crippen molar-refractivity contribution >= 4 is 12.1 Å². The number of amides is 1. The minimum Gasteiger partial charge on any atom is -0.497 e. The molecule has 3 aromatic rings. The molecule has 1 N–H and O–H groups in total. The van der Waals surface area contributed by atoms with Crippen LogP contribution in [0.1, 0.15) is 16.1 Å². The molecule has 0 bridgehead atoms. The lowest BCUT2D eigenvalue weighted by atomic mass is 10.2. The molecule has 2 aromatic carbocycles. The van der Waals surface area contributed by atoms with Crippen LogP contribution in [0.25, 0.3) is 5.69 Å². The van der Waals surface area contributed by atoms with E-state index in [-0.39, 0.29) is 5.91 Å². The van der Waals surface area contributed by atoms with Gasteiger partial charge in [-0.3, -0.25) is 4.79 Å². The molecule has 132 valence electrons. The van der Waals surface area contributed by atoms with Crippen molar-refractivity contribution in [2.24, 2.45) is 5.10 Å². The van der Waals surface area contributed by atoms with E-state index in [9.17, 15) is 4.79 Å². The van der Waals surface area contributed by atoms with E-state index in [2.05, 4.69) is 10.5 Å². The second kappa shape index (κ2) is 8.02. The summed E-state index contributed by atoms with van der Waals surface area (Å²) < 4.78 is 12.3. The summed E-state index contributed by atoms with van der Waals surface area (Å²) in [5.41, 5.74) is 4.75. The second-order valence-corrected chi connectivity index (χ2v) is 5.40. The Hall–Kier alpha value is -3.54. The van der Waals surface area contributed by atoms with E-state index >= 15 is 0 Å². The molecule has 0 atom stereocenters. The van der Waals surface area contributed by atoms with Gasteiger partial charge in [-0.15, -0.1) is 0 Å². The van der Waals surface area contributed by atoms with Gasteiger partial charge in [0.25, 0.3) is 5.91 Å². The maximum absolute atomic E-state index is 12.3. The van der Waals surface area contributed by atoms with Gasteiger partial charge in [-0.05, 0) is 48.5 Å². The number of para-hydroxylation sites is 1. The molecule has 0 aliphatic rings. The van der Waals surface area contributed by atoms with Gasteiger partial charge in [-0.2, -0.15) is 5.10 Å². The highest BCUT2D eigenvalue weighted by atomic mass is 16.5. The Bertz CT molecular complexity index is 914. The van der Waals surface area contributed by atoms with Crippen LogP contribution in [0.15, 0.2) is 72.0 Å². The van der Waals surface area contributed by atoms with Crippen LogP contribution in [0.2, 0.25) is 0 Å². The summed E-state index contributed by atoms with van der Waals surface area (Å²) in [5.74, 6) is 0.961. The number of nitrogens with zero attached hydrogens (tertiary/aromatic N) is 2. The fraction of sp³-hybridized carbons (Fsp3) is 0.100. The minimum absolute atomic E-state index is 0.332. The molecule has 0 saturated heterocycles. The van der Waals surface area contributed by atoms with E-state index < -0.39 is 0 Å². The quantitative estimate of drug-likeness (QED) is 0.549. The van der Waals surface area contributed by atoms with E-state index in [1.54, 1.807) is 37.6 Å². The third-order valence-electron chi connectivity index (χ3n) is 3.85. The van der Waals surface area contributed by atoms with Gasteiger partial charge in [0.05, 0.1) is 31.7 Å². The molecule has 0 aliphatic heterocycles. The van der Waals surface area contributed by atoms with Crippen LogP contribution in [-0.4, -0.2) is 30.9 Å². The monoisotopic (exact) mass is 349 g/mol. The van der Waals surface area contributed by atoms with E-state index in [0.717, 1.165) is 17.1 Å². The Balaban J connectivity index is 1.73. The normalized spacial score (nSPS) is 10.7. The molecule has 0 spiro atoms. The van der Waals surface area contributed by atoms with Gasteiger partial charge < -0.3 is 14.0 Å². The fourth-order valence-corrected chi connectivity index (χ4v) is 2.53. The highest BCUT2D eigenvalue weighted by molar-refractivity contribution is 5.97. The lowest BCUT2D eigenvalue weighted by Gasteiger charge is -2.08. The van der Waals surface area contributed by atoms with Crippen LogP contribution in [-0.2, 0) is 0 Å². The number of ether oxygens (including phenoxy) is 2. The Morgan fingerprint density at radius 3 is 2.50 bits per heavy atom. The maximum atomic E-state index is 12.3. The smallest absolute Gasteiger partial charge is 0.275 e. The molecule has 0 aliphatic carbocycles. The first-order chi connectivity index (χ1) is 12.7. The van der Waals surface area contributed by atoms with Gasteiger partial charge in [-0.25, -0.2) is 5.43 Å². The van der Waals surface area contributed by atoms with Gasteiger partial charge in [-0.1, -0.05) is 12.1 Å². The van der Waals surface area contributed by atoms with Gasteiger partial charge >= 0.3 is 0 Å². The lowest BCUT2D eigenvalue weighted by molar-refractivity contribution is 0.0952. The molecular formula is C20H19N3O3. The third-order valence-corrected chi connectivity index (χ3v) is 3.85. The number of hydrogen-bond donors (Lipinski definition) is 1. The number of rotatable bonds is 6. The van der Waals surface area contributed by atoms with Crippen LogP contribution in [0.3, 0.4) is 0 Å². The molecule has 1 heterocycles. The van der Waals surface area contributed by atoms with Crippen LogP contribution in [0, 0.1) is 0 Å². The molecule has 1 aromatic heterocycles. The molecule has 0 unspecified atom stereocenters. The van der Waals surface area contributed by atoms with Gasteiger partial charge in [0.15, 0.2) is 0 Å². The number of methoxy groups -OCH3 is 2. The van der Waals surface area contributed by atoms with Crippen molar-refractivity contribution in [1.29, 1.82) is 0 Å². The van der Waals surface area contributed by atoms with E-state index in [1.165, 1.54) is 7.11 Å². The summed E-state index contributed by atoms with van der Waals surface area (Å²) in [6.45, 7) is 0. The Morgan fingerprint density at radius 2 is 1.77 bits per heavy atom. The summed E-state index contributed by atoms with van der Waals surface area (Å²) in [5, 5.41) is 4.06. The molecule has 0 fully saturated rings. The lowest BCUT2D eigenvalue weighted by Crippen LogP contribution is -2.18. The standard InChI is InChI=1S/C20H19N3O3/c1-25-17-11-9-15(10-12-17)23-13-5-6-16(23)14-21-22-20(24)18-7-3-4-8-19(18)26-2/h3-14H,1-2H3,(H,22,24)/b21-14-. The highest BCUT2D eigenvalue weighted by Gasteiger charge is 2.10. The first kappa shape index (κ1) is 17.3. The van der Waals surface area contributed by atoms with Crippen LogP contribution >= 0.6 is 0 Å². The molecule has 6 nitrogen and oxygen atoms in total. The molecule has 0 saturated carbocycles. The van der Waals surface area contributed by atoms with Crippen molar-refractivity contribution in [2.75, 3.05) is 14.2 Å². The first-order valence-corrected chi connectivity index (χ1v) is 8.01. The summed E-state index contributed by atoms with van der Waals surface area (Å²) in [4.78, 5) is 12.3. The van der Waals surface area contributed by atoms with Crippen molar-refractivity contribution in [3.8, 4) is 17.2 Å². The zero-order chi connectivity index (χ0) is 18.4. The van der Waals surface area contributed by atoms with Crippen LogP contribution < -0.4 is 14.9 Å². The Kier molecular flexibility index (Phi) is 5.34. The van der Waals surface area contributed by atoms with Crippen molar-refractivity contribution in [2.45, 2.75) is 0 Å². The van der Waals surface area contributed by atoms with Gasteiger partial charge in [0.2, 0.25) is 0 Å². The maximum Gasteiger partial charge on any atom is 0.275 e. The van der Waals surface area contributed by atoms with Crippen molar-refractivity contribution in [1.82, 2.24) is 9.99 Å². The first-order valence-electron chi connectivity index (χ1n) is 8.01. The topological polar surface area (TPSA) is 64.8 Å². The summed E-state index contributed by atoms with van der Waals surface area (Å²) >= 11 is 0. The van der Waals surface area contributed by atoms with Crippen molar-refractivity contribution in [3.63, 3.8) is 0 Å². The highest BCUT2D eigenvalue weighted by Crippen LogP contribution is 2.18. The Labute approximate surface area is 151 Å². The predicted octanol–water partition coefficient (Wildman–Crippen LogP) is 3.26. The average molecular weight is 349 g/mol. The largest absolute Gasteiger partial charge is 0.497 e. The number of aromatic nitrogens is 1. The predicted molar refractivity (Wildman–Crippen MR) is 100 cm³/mol. The summed E-state index contributed by atoms with van der Waals surface area (Å²) in [6.07, 6.45) is 3.52. The van der Waals surface area contributed by atoms with Crippen LogP contribution in [0.4, 0.5) is 0 Å². The fourth-order valence-electron chi connectivity index (χ4n) is 2.53. The van der Waals surface area contributed by atoms with Gasteiger partial charge in [0, 0.05) is 11.9 Å². The SMILES string of the molecule is COc1ccc(-n2cccc2/C=N\NC(=O)c2ccccc2OC)cc1. The van der Waals surface area contributed by atoms with Crippen molar-refractivity contribution in [3.05, 3.63) is 78.1 Å². The van der Waals surface area contributed by atoms with Crippen LogP contribution in [0.5, 0.6) is 11.5 Å². The second-order valence-electron chi connectivity index (χ2n) is 5.40. The number of nitrogens with one attached hydrogen (secondary N) is 1. The number of hydrogen-bond acceptors (Lipinski definition) is 4.